The van der Waals surface area contributed by atoms with Gasteiger partial charge in [-0.3, -0.25) is 0 Å². The molecular weight excluding hydrogens is 274 g/mol. The van der Waals surface area contributed by atoms with E-state index in [1.807, 2.05) is 12.1 Å². The average molecular weight is 305 g/mol. The molecule has 0 aromatic heterocycles. The molecule has 2 rings (SSSR count). The smallest absolute Gasteiger partial charge is 0.122 e. The van der Waals surface area contributed by atoms with Gasteiger partial charge in [-0.1, -0.05) is 26.0 Å². The van der Waals surface area contributed by atoms with Gasteiger partial charge < -0.3 is 14.4 Å². The van der Waals surface area contributed by atoms with Crippen LogP contribution in [0.5, 0.6) is 5.75 Å². The lowest BCUT2D eigenvalue weighted by molar-refractivity contribution is 0.0594. The van der Waals surface area contributed by atoms with Crippen molar-refractivity contribution in [2.24, 2.45) is 11.8 Å². The van der Waals surface area contributed by atoms with Gasteiger partial charge in [0, 0.05) is 19.6 Å². The summed E-state index contributed by atoms with van der Waals surface area (Å²) in [6.07, 6.45) is 1.36. The molecule has 0 N–H and O–H groups in total. The Balaban J connectivity index is 1.59. The second-order valence-electron chi connectivity index (χ2n) is 6.86. The number of hydrogen-bond acceptors (Lipinski definition) is 3. The van der Waals surface area contributed by atoms with Crippen LogP contribution in [0.3, 0.4) is 0 Å². The highest BCUT2D eigenvalue weighted by Crippen LogP contribution is 2.21. The quantitative estimate of drug-likeness (QED) is 0.717. The number of hydrogen-bond donors (Lipinski definition) is 0. The molecule has 1 heterocycles. The summed E-state index contributed by atoms with van der Waals surface area (Å²) >= 11 is 0. The number of piperidine rings is 1. The second-order valence-corrected chi connectivity index (χ2v) is 6.86. The summed E-state index contributed by atoms with van der Waals surface area (Å²) in [6.45, 7) is 14.5. The zero-order valence-corrected chi connectivity index (χ0v) is 14.6. The SMILES string of the molecule is Cc1cccc(OCCOCCN2C[C@H](C)C[C@@H](C)C2)c1C. The van der Waals surface area contributed by atoms with E-state index in [9.17, 15) is 0 Å². The summed E-state index contributed by atoms with van der Waals surface area (Å²) in [5.41, 5.74) is 2.49. The summed E-state index contributed by atoms with van der Waals surface area (Å²) in [5, 5.41) is 0. The topological polar surface area (TPSA) is 21.7 Å². The Morgan fingerprint density at radius 1 is 1.05 bits per heavy atom. The first-order valence-electron chi connectivity index (χ1n) is 8.55. The minimum absolute atomic E-state index is 0.622. The van der Waals surface area contributed by atoms with Crippen molar-refractivity contribution in [3.63, 3.8) is 0 Å². The van der Waals surface area contributed by atoms with Crippen molar-refractivity contribution in [2.75, 3.05) is 39.5 Å². The van der Waals surface area contributed by atoms with E-state index in [-0.39, 0.29) is 0 Å². The van der Waals surface area contributed by atoms with Gasteiger partial charge in [-0.2, -0.15) is 0 Å². The number of ether oxygens (including phenoxy) is 2. The third-order valence-electron chi connectivity index (χ3n) is 4.54. The first kappa shape index (κ1) is 17.3. The van der Waals surface area contributed by atoms with Crippen LogP contribution in [0, 0.1) is 25.7 Å². The summed E-state index contributed by atoms with van der Waals surface area (Å²) in [6, 6.07) is 6.18. The van der Waals surface area contributed by atoms with Crippen molar-refractivity contribution in [1.29, 1.82) is 0 Å². The van der Waals surface area contributed by atoms with Crippen molar-refractivity contribution in [3.05, 3.63) is 29.3 Å². The van der Waals surface area contributed by atoms with E-state index >= 15 is 0 Å². The molecule has 2 atom stereocenters. The van der Waals surface area contributed by atoms with E-state index in [1.165, 1.54) is 30.6 Å². The Bertz CT molecular complexity index is 451. The fourth-order valence-electron chi connectivity index (χ4n) is 3.36. The van der Waals surface area contributed by atoms with Gasteiger partial charge in [0.1, 0.15) is 12.4 Å². The van der Waals surface area contributed by atoms with Crippen molar-refractivity contribution in [2.45, 2.75) is 34.1 Å². The van der Waals surface area contributed by atoms with Crippen LogP contribution in [0.2, 0.25) is 0 Å². The molecule has 1 aromatic carbocycles. The highest BCUT2D eigenvalue weighted by Gasteiger charge is 2.21. The molecule has 0 bridgehead atoms. The predicted octanol–water partition coefficient (Wildman–Crippen LogP) is 3.68. The van der Waals surface area contributed by atoms with Gasteiger partial charge in [0.25, 0.3) is 0 Å². The Hall–Kier alpha value is -1.06. The highest BCUT2D eigenvalue weighted by atomic mass is 16.5. The fourth-order valence-corrected chi connectivity index (χ4v) is 3.36. The van der Waals surface area contributed by atoms with E-state index in [0.717, 1.165) is 30.7 Å². The summed E-state index contributed by atoms with van der Waals surface area (Å²) < 4.78 is 11.5. The molecule has 1 saturated heterocycles. The number of benzene rings is 1. The zero-order chi connectivity index (χ0) is 15.9. The van der Waals surface area contributed by atoms with Crippen molar-refractivity contribution >= 4 is 0 Å². The maximum atomic E-state index is 5.81. The number of nitrogens with zero attached hydrogens (tertiary/aromatic N) is 1. The van der Waals surface area contributed by atoms with Gasteiger partial charge in [-0.25, -0.2) is 0 Å². The van der Waals surface area contributed by atoms with Crippen molar-refractivity contribution in [3.8, 4) is 5.75 Å². The Morgan fingerprint density at radius 2 is 1.77 bits per heavy atom. The molecule has 1 fully saturated rings. The summed E-state index contributed by atoms with van der Waals surface area (Å²) in [7, 11) is 0. The number of rotatable bonds is 7. The summed E-state index contributed by atoms with van der Waals surface area (Å²) in [4.78, 5) is 2.53. The molecule has 3 heteroatoms. The largest absolute Gasteiger partial charge is 0.491 e. The van der Waals surface area contributed by atoms with E-state index in [2.05, 4.69) is 38.7 Å². The molecule has 0 radical (unpaired) electrons. The lowest BCUT2D eigenvalue weighted by atomic mass is 9.92. The maximum absolute atomic E-state index is 5.81. The first-order chi connectivity index (χ1) is 10.6. The van der Waals surface area contributed by atoms with Crippen LogP contribution in [0.25, 0.3) is 0 Å². The lowest BCUT2D eigenvalue weighted by Crippen LogP contribution is -2.40. The maximum Gasteiger partial charge on any atom is 0.122 e. The molecule has 0 spiro atoms. The van der Waals surface area contributed by atoms with Gasteiger partial charge in [0.2, 0.25) is 0 Å². The minimum atomic E-state index is 0.622. The van der Waals surface area contributed by atoms with Gasteiger partial charge >= 0.3 is 0 Å². The normalized spacial score (nSPS) is 22.7. The van der Waals surface area contributed by atoms with Gasteiger partial charge in [0.05, 0.1) is 13.2 Å². The predicted molar refractivity (Wildman–Crippen MR) is 91.6 cm³/mol. The molecule has 22 heavy (non-hydrogen) atoms. The molecular formula is C19H31NO2. The molecule has 1 aromatic rings. The monoisotopic (exact) mass is 305 g/mol. The van der Waals surface area contributed by atoms with Gasteiger partial charge in [0.15, 0.2) is 0 Å². The van der Waals surface area contributed by atoms with Crippen LogP contribution in [-0.4, -0.2) is 44.4 Å². The number of likely N-dealkylation sites (tertiary alicyclic amines) is 1. The Morgan fingerprint density at radius 3 is 2.50 bits per heavy atom. The average Bonchev–Trinajstić information content (AvgIpc) is 2.46. The number of aryl methyl sites for hydroxylation is 1. The van der Waals surface area contributed by atoms with E-state index in [4.69, 9.17) is 9.47 Å². The third-order valence-corrected chi connectivity index (χ3v) is 4.54. The van der Waals surface area contributed by atoms with Gasteiger partial charge in [-0.15, -0.1) is 0 Å². The first-order valence-corrected chi connectivity index (χ1v) is 8.55. The zero-order valence-electron chi connectivity index (χ0n) is 14.6. The van der Waals surface area contributed by atoms with Crippen molar-refractivity contribution < 1.29 is 9.47 Å². The van der Waals surface area contributed by atoms with E-state index in [1.54, 1.807) is 0 Å². The van der Waals surface area contributed by atoms with Crippen LogP contribution in [-0.2, 0) is 4.74 Å². The summed E-state index contributed by atoms with van der Waals surface area (Å²) in [5.74, 6) is 2.61. The van der Waals surface area contributed by atoms with E-state index in [0.29, 0.717) is 13.2 Å². The molecule has 0 unspecified atom stereocenters. The lowest BCUT2D eigenvalue weighted by Gasteiger charge is -2.34. The standard InChI is InChI=1S/C19H31NO2/c1-15-12-16(2)14-20(13-15)8-9-21-10-11-22-19-7-5-6-17(3)18(19)4/h5-7,15-16H,8-14H2,1-4H3/t15-,16-/m1/s1. The Kier molecular flexibility index (Phi) is 6.71. The van der Waals surface area contributed by atoms with Crippen molar-refractivity contribution in [1.82, 2.24) is 4.90 Å². The molecule has 1 aliphatic heterocycles. The molecule has 3 nitrogen and oxygen atoms in total. The molecule has 1 aliphatic rings. The second kappa shape index (κ2) is 8.54. The van der Waals surface area contributed by atoms with E-state index < -0.39 is 0 Å². The molecule has 0 amide bonds. The van der Waals surface area contributed by atoms with Crippen LogP contribution >= 0.6 is 0 Å². The van der Waals surface area contributed by atoms with Crippen LogP contribution in [0.15, 0.2) is 18.2 Å². The highest BCUT2D eigenvalue weighted by molar-refractivity contribution is 5.38. The molecule has 124 valence electrons. The molecule has 0 saturated carbocycles. The molecule has 0 aliphatic carbocycles. The third kappa shape index (κ3) is 5.29. The van der Waals surface area contributed by atoms with Crippen LogP contribution < -0.4 is 4.74 Å². The van der Waals surface area contributed by atoms with Gasteiger partial charge in [-0.05, 0) is 49.3 Å². The van der Waals surface area contributed by atoms with Crippen LogP contribution in [0.1, 0.15) is 31.4 Å². The van der Waals surface area contributed by atoms with Crippen LogP contribution in [0.4, 0.5) is 0 Å². The fraction of sp³-hybridized carbons (Fsp3) is 0.684. The minimum Gasteiger partial charge on any atom is -0.491 e. The Labute approximate surface area is 135 Å².